The number of hydrogen-bond donors (Lipinski definition) is 0. The van der Waals surface area contributed by atoms with E-state index in [-0.39, 0.29) is 6.04 Å². The lowest BCUT2D eigenvalue weighted by Gasteiger charge is -2.28. The van der Waals surface area contributed by atoms with Crippen LogP contribution in [0.1, 0.15) is 11.6 Å². The lowest BCUT2D eigenvalue weighted by atomic mass is 10.1. The Balaban J connectivity index is 2.24. The standard InChI is InChI=1S/C17H18FNO/c1-13(18)10-11-14(2)19-12-6-8-16(19)15-7-4-5-9-17(15)20-3/h4-11,16H,1-2,12H2,3H3/b11-10-. The molecule has 0 radical (unpaired) electrons. The molecule has 0 saturated carbocycles. The van der Waals surface area contributed by atoms with Gasteiger partial charge < -0.3 is 9.64 Å². The smallest absolute Gasteiger partial charge is 0.124 e. The number of para-hydroxylation sites is 1. The number of nitrogens with zero attached hydrogens (tertiary/aromatic N) is 1. The minimum absolute atomic E-state index is 0.0520. The van der Waals surface area contributed by atoms with Gasteiger partial charge in [0.25, 0.3) is 0 Å². The van der Waals surface area contributed by atoms with Crippen molar-refractivity contribution in [1.82, 2.24) is 4.90 Å². The summed E-state index contributed by atoms with van der Waals surface area (Å²) < 4.78 is 18.1. The van der Waals surface area contributed by atoms with E-state index in [2.05, 4.69) is 30.2 Å². The number of allylic oxidation sites excluding steroid dienone is 3. The van der Waals surface area contributed by atoms with Crippen molar-refractivity contribution in [3.8, 4) is 5.75 Å². The van der Waals surface area contributed by atoms with Gasteiger partial charge in [-0.1, -0.05) is 43.5 Å². The molecule has 1 aromatic carbocycles. The predicted octanol–water partition coefficient (Wildman–Crippen LogP) is 4.16. The summed E-state index contributed by atoms with van der Waals surface area (Å²) >= 11 is 0. The second-order valence-corrected chi connectivity index (χ2v) is 4.54. The van der Waals surface area contributed by atoms with Gasteiger partial charge in [0.15, 0.2) is 0 Å². The van der Waals surface area contributed by atoms with Crippen LogP contribution >= 0.6 is 0 Å². The fraction of sp³-hybridized carbons (Fsp3) is 0.176. The van der Waals surface area contributed by atoms with E-state index >= 15 is 0 Å². The Morgan fingerprint density at radius 1 is 1.35 bits per heavy atom. The number of halogens is 1. The van der Waals surface area contributed by atoms with Crippen LogP contribution in [0.2, 0.25) is 0 Å². The van der Waals surface area contributed by atoms with Gasteiger partial charge in [-0.15, -0.1) is 0 Å². The summed E-state index contributed by atoms with van der Waals surface area (Å²) in [4.78, 5) is 2.08. The van der Waals surface area contributed by atoms with Gasteiger partial charge in [0.2, 0.25) is 0 Å². The lowest BCUT2D eigenvalue weighted by Crippen LogP contribution is -2.22. The number of rotatable bonds is 5. The zero-order valence-electron chi connectivity index (χ0n) is 11.6. The highest BCUT2D eigenvalue weighted by Crippen LogP contribution is 2.35. The maximum absolute atomic E-state index is 12.7. The largest absolute Gasteiger partial charge is 0.496 e. The first-order valence-corrected chi connectivity index (χ1v) is 6.41. The maximum Gasteiger partial charge on any atom is 0.124 e. The molecule has 3 heteroatoms. The van der Waals surface area contributed by atoms with Gasteiger partial charge in [0.1, 0.15) is 11.6 Å². The van der Waals surface area contributed by atoms with Crippen molar-refractivity contribution >= 4 is 0 Å². The van der Waals surface area contributed by atoms with Gasteiger partial charge in [0.05, 0.1) is 13.2 Å². The molecule has 1 aliphatic heterocycles. The third-order valence-electron chi connectivity index (χ3n) is 3.24. The van der Waals surface area contributed by atoms with Crippen LogP contribution in [0, 0.1) is 0 Å². The Hall–Kier alpha value is -2.29. The van der Waals surface area contributed by atoms with Gasteiger partial charge in [-0.25, -0.2) is 4.39 Å². The third-order valence-corrected chi connectivity index (χ3v) is 3.24. The lowest BCUT2D eigenvalue weighted by molar-refractivity contribution is 0.343. The van der Waals surface area contributed by atoms with Crippen molar-refractivity contribution in [2.45, 2.75) is 6.04 Å². The topological polar surface area (TPSA) is 12.5 Å². The van der Waals surface area contributed by atoms with Crippen LogP contribution in [0.15, 0.2) is 73.3 Å². The minimum Gasteiger partial charge on any atom is -0.496 e. The molecule has 0 spiro atoms. The fourth-order valence-electron chi connectivity index (χ4n) is 2.28. The summed E-state index contributed by atoms with van der Waals surface area (Å²) in [6.45, 7) is 7.94. The Morgan fingerprint density at radius 3 is 2.80 bits per heavy atom. The molecular weight excluding hydrogens is 253 g/mol. The highest BCUT2D eigenvalue weighted by Gasteiger charge is 2.24. The van der Waals surface area contributed by atoms with E-state index in [1.54, 1.807) is 13.2 Å². The van der Waals surface area contributed by atoms with Crippen molar-refractivity contribution < 1.29 is 9.13 Å². The van der Waals surface area contributed by atoms with Crippen molar-refractivity contribution in [3.05, 3.63) is 78.8 Å². The Bertz CT molecular complexity index is 574. The summed E-state index contributed by atoms with van der Waals surface area (Å²) in [7, 11) is 1.66. The van der Waals surface area contributed by atoms with E-state index in [4.69, 9.17) is 4.74 Å². The molecule has 0 bridgehead atoms. The molecule has 20 heavy (non-hydrogen) atoms. The minimum atomic E-state index is -0.479. The first kappa shape index (κ1) is 14.1. The Morgan fingerprint density at radius 2 is 2.10 bits per heavy atom. The Kier molecular flexibility index (Phi) is 4.41. The molecule has 0 aliphatic carbocycles. The molecule has 1 atom stereocenters. The molecule has 1 heterocycles. The zero-order chi connectivity index (χ0) is 14.5. The molecule has 1 aromatic rings. The van der Waals surface area contributed by atoms with Gasteiger partial charge in [-0.05, 0) is 18.2 Å². The van der Waals surface area contributed by atoms with E-state index < -0.39 is 5.83 Å². The maximum atomic E-state index is 12.7. The van der Waals surface area contributed by atoms with Crippen LogP contribution in [-0.4, -0.2) is 18.6 Å². The molecule has 1 unspecified atom stereocenters. The first-order chi connectivity index (χ1) is 9.63. The van der Waals surface area contributed by atoms with E-state index in [0.29, 0.717) is 0 Å². The van der Waals surface area contributed by atoms with Gasteiger partial charge in [-0.2, -0.15) is 0 Å². The zero-order valence-corrected chi connectivity index (χ0v) is 11.6. The molecule has 0 N–H and O–H groups in total. The second-order valence-electron chi connectivity index (χ2n) is 4.54. The number of benzene rings is 1. The number of methoxy groups -OCH3 is 1. The summed E-state index contributed by atoms with van der Waals surface area (Å²) in [6, 6.07) is 7.92. The third kappa shape index (κ3) is 2.99. The van der Waals surface area contributed by atoms with Crippen molar-refractivity contribution in [2.75, 3.05) is 13.7 Å². The summed E-state index contributed by atoms with van der Waals surface area (Å²) in [5.41, 5.74) is 1.81. The average Bonchev–Trinajstić information content (AvgIpc) is 2.93. The molecule has 0 saturated heterocycles. The van der Waals surface area contributed by atoms with Crippen molar-refractivity contribution in [2.24, 2.45) is 0 Å². The highest BCUT2D eigenvalue weighted by molar-refractivity contribution is 5.41. The normalized spacial score (nSPS) is 17.7. The fourth-order valence-corrected chi connectivity index (χ4v) is 2.28. The molecule has 104 valence electrons. The molecular formula is C17H18FNO. The quantitative estimate of drug-likeness (QED) is 0.589. The van der Waals surface area contributed by atoms with Crippen LogP contribution in [0.5, 0.6) is 5.75 Å². The SMILES string of the molecule is C=C(F)/C=C\C(=C)N1CC=CC1c1ccccc1OC. The summed E-state index contributed by atoms with van der Waals surface area (Å²) in [5.74, 6) is 0.355. The van der Waals surface area contributed by atoms with Gasteiger partial charge in [-0.3, -0.25) is 0 Å². The van der Waals surface area contributed by atoms with E-state index in [0.717, 1.165) is 23.6 Å². The second kappa shape index (κ2) is 6.24. The monoisotopic (exact) mass is 271 g/mol. The molecule has 0 fully saturated rings. The summed E-state index contributed by atoms with van der Waals surface area (Å²) in [5, 5.41) is 0. The molecule has 0 aromatic heterocycles. The van der Waals surface area contributed by atoms with Gasteiger partial charge in [0, 0.05) is 17.8 Å². The Labute approximate surface area is 119 Å². The molecule has 2 rings (SSSR count). The van der Waals surface area contributed by atoms with Gasteiger partial charge >= 0.3 is 0 Å². The van der Waals surface area contributed by atoms with E-state index in [1.165, 1.54) is 6.08 Å². The van der Waals surface area contributed by atoms with Crippen molar-refractivity contribution in [3.63, 3.8) is 0 Å². The highest BCUT2D eigenvalue weighted by atomic mass is 19.1. The molecule has 1 aliphatic rings. The van der Waals surface area contributed by atoms with E-state index in [1.807, 2.05) is 24.3 Å². The number of ether oxygens (including phenoxy) is 1. The van der Waals surface area contributed by atoms with Crippen LogP contribution in [0.3, 0.4) is 0 Å². The van der Waals surface area contributed by atoms with Crippen LogP contribution in [0.4, 0.5) is 4.39 Å². The predicted molar refractivity (Wildman–Crippen MR) is 80.1 cm³/mol. The molecule has 2 nitrogen and oxygen atoms in total. The van der Waals surface area contributed by atoms with Crippen LogP contribution < -0.4 is 4.74 Å². The van der Waals surface area contributed by atoms with Crippen LogP contribution in [0.25, 0.3) is 0 Å². The van der Waals surface area contributed by atoms with Crippen LogP contribution in [-0.2, 0) is 0 Å². The van der Waals surface area contributed by atoms with Crippen molar-refractivity contribution in [1.29, 1.82) is 0 Å². The number of hydrogen-bond acceptors (Lipinski definition) is 2. The average molecular weight is 271 g/mol. The summed E-state index contributed by atoms with van der Waals surface area (Å²) in [6.07, 6.45) is 7.12. The first-order valence-electron chi connectivity index (χ1n) is 6.41. The van der Waals surface area contributed by atoms with E-state index in [9.17, 15) is 4.39 Å². The molecule has 0 amide bonds.